The number of alkyl halides is 3. The molecular formula is C10H11F3N2O. The number of pyridine rings is 1. The highest BCUT2D eigenvalue weighted by atomic mass is 19.4. The highest BCUT2D eigenvalue weighted by molar-refractivity contribution is 5.75. The molecule has 1 rings (SSSR count). The van der Waals surface area contributed by atoms with Gasteiger partial charge in [-0.25, -0.2) is 0 Å². The molecule has 0 fully saturated rings. The van der Waals surface area contributed by atoms with Crippen molar-refractivity contribution in [2.45, 2.75) is 26.1 Å². The van der Waals surface area contributed by atoms with Crippen LogP contribution in [-0.4, -0.2) is 10.9 Å². The summed E-state index contributed by atoms with van der Waals surface area (Å²) in [4.78, 5) is 14.1. The van der Waals surface area contributed by atoms with Crippen molar-refractivity contribution in [3.05, 3.63) is 29.6 Å². The van der Waals surface area contributed by atoms with Gasteiger partial charge in [0.25, 0.3) is 0 Å². The van der Waals surface area contributed by atoms with E-state index in [9.17, 15) is 18.0 Å². The predicted molar refractivity (Wildman–Crippen MR) is 51.4 cm³/mol. The molecule has 0 aromatic carbocycles. The zero-order valence-electron chi connectivity index (χ0n) is 8.64. The van der Waals surface area contributed by atoms with Crippen LogP contribution >= 0.6 is 0 Å². The molecular weight excluding hydrogens is 221 g/mol. The van der Waals surface area contributed by atoms with Crippen molar-refractivity contribution in [1.82, 2.24) is 10.3 Å². The van der Waals surface area contributed by atoms with Crippen LogP contribution in [0.2, 0.25) is 0 Å². The zero-order valence-corrected chi connectivity index (χ0v) is 8.64. The van der Waals surface area contributed by atoms with Crippen LogP contribution < -0.4 is 5.32 Å². The molecule has 1 amide bonds. The number of carbonyl (C=O) groups is 1. The summed E-state index contributed by atoms with van der Waals surface area (Å²) in [5, 5.41) is 2.49. The third-order valence-electron chi connectivity index (χ3n) is 1.93. The van der Waals surface area contributed by atoms with Crippen molar-refractivity contribution >= 4 is 5.91 Å². The summed E-state index contributed by atoms with van der Waals surface area (Å²) in [6, 6.07) is 2.36. The van der Waals surface area contributed by atoms with Crippen molar-refractivity contribution in [3.63, 3.8) is 0 Å². The molecule has 0 spiro atoms. The van der Waals surface area contributed by atoms with E-state index in [1.807, 2.05) is 0 Å². The van der Waals surface area contributed by atoms with Crippen LogP contribution in [0.1, 0.15) is 24.6 Å². The Hall–Kier alpha value is -1.59. The first-order valence-corrected chi connectivity index (χ1v) is 4.72. The summed E-state index contributed by atoms with van der Waals surface area (Å²) < 4.78 is 36.8. The van der Waals surface area contributed by atoms with Gasteiger partial charge in [0.15, 0.2) is 0 Å². The van der Waals surface area contributed by atoms with Gasteiger partial charge in [-0.1, -0.05) is 6.92 Å². The molecule has 1 heterocycles. The summed E-state index contributed by atoms with van der Waals surface area (Å²) in [6.07, 6.45) is -3.07. The number of nitrogens with one attached hydrogen (secondary N) is 1. The monoisotopic (exact) mass is 232 g/mol. The minimum atomic E-state index is -4.45. The molecule has 0 saturated carbocycles. The minimum Gasteiger partial charge on any atom is -0.352 e. The maximum absolute atomic E-state index is 12.3. The average molecular weight is 232 g/mol. The number of rotatable bonds is 3. The summed E-state index contributed by atoms with van der Waals surface area (Å²) in [5.41, 5.74) is -0.570. The third kappa shape index (κ3) is 3.52. The molecule has 0 saturated heterocycles. The smallest absolute Gasteiger partial charge is 0.352 e. The molecule has 0 bridgehead atoms. The summed E-state index contributed by atoms with van der Waals surface area (Å²) in [5.74, 6) is -0.203. The van der Waals surface area contributed by atoms with Crippen molar-refractivity contribution in [2.24, 2.45) is 0 Å². The Kier molecular flexibility index (Phi) is 3.87. The van der Waals surface area contributed by atoms with E-state index in [2.05, 4.69) is 10.3 Å². The summed E-state index contributed by atoms with van der Waals surface area (Å²) in [6.45, 7) is 1.75. The van der Waals surface area contributed by atoms with Gasteiger partial charge in [0.05, 0.1) is 0 Å². The minimum absolute atomic E-state index is 0.0816. The molecule has 16 heavy (non-hydrogen) atoms. The quantitative estimate of drug-likeness (QED) is 0.867. The molecule has 0 aliphatic heterocycles. The Morgan fingerprint density at radius 1 is 1.50 bits per heavy atom. The number of amides is 1. The van der Waals surface area contributed by atoms with Gasteiger partial charge in [-0.15, -0.1) is 0 Å². The maximum Gasteiger partial charge on any atom is 0.433 e. The Labute approximate surface area is 90.7 Å². The molecule has 3 nitrogen and oxygen atoms in total. The molecule has 0 unspecified atom stereocenters. The largest absolute Gasteiger partial charge is 0.433 e. The van der Waals surface area contributed by atoms with Crippen LogP contribution in [0.3, 0.4) is 0 Å². The number of aromatic nitrogens is 1. The molecule has 1 aromatic rings. The first-order chi connectivity index (χ1) is 7.43. The Balaban J connectivity index is 2.72. The standard InChI is InChI=1S/C10H11F3N2O/c1-2-9(16)15-6-7-3-4-14-8(5-7)10(11,12)13/h3-5H,2,6H2,1H3,(H,15,16). The first kappa shape index (κ1) is 12.5. The molecule has 0 aliphatic carbocycles. The van der Waals surface area contributed by atoms with Crippen LogP contribution in [0.25, 0.3) is 0 Å². The number of halogens is 3. The highest BCUT2D eigenvalue weighted by Gasteiger charge is 2.32. The topological polar surface area (TPSA) is 42.0 Å². The Bertz CT molecular complexity index is 377. The van der Waals surface area contributed by atoms with Gasteiger partial charge in [-0.05, 0) is 17.7 Å². The van der Waals surface area contributed by atoms with Crippen LogP contribution in [0.15, 0.2) is 18.3 Å². The number of carbonyl (C=O) groups excluding carboxylic acids is 1. The summed E-state index contributed by atoms with van der Waals surface area (Å²) in [7, 11) is 0. The molecule has 0 radical (unpaired) electrons. The van der Waals surface area contributed by atoms with Crippen LogP contribution in [0, 0.1) is 0 Å². The average Bonchev–Trinajstić information content (AvgIpc) is 2.25. The van der Waals surface area contributed by atoms with E-state index < -0.39 is 11.9 Å². The molecule has 1 N–H and O–H groups in total. The lowest BCUT2D eigenvalue weighted by molar-refractivity contribution is -0.141. The normalized spacial score (nSPS) is 11.2. The second-order valence-corrected chi connectivity index (χ2v) is 3.18. The van der Waals surface area contributed by atoms with Gasteiger partial charge >= 0.3 is 6.18 Å². The van der Waals surface area contributed by atoms with Gasteiger partial charge in [-0.2, -0.15) is 13.2 Å². The van der Waals surface area contributed by atoms with E-state index in [1.54, 1.807) is 6.92 Å². The van der Waals surface area contributed by atoms with Gasteiger partial charge in [0.2, 0.25) is 5.91 Å². The molecule has 6 heteroatoms. The number of hydrogen-bond acceptors (Lipinski definition) is 2. The fourth-order valence-corrected chi connectivity index (χ4v) is 1.06. The Morgan fingerprint density at radius 2 is 2.19 bits per heavy atom. The second-order valence-electron chi connectivity index (χ2n) is 3.18. The summed E-state index contributed by atoms with van der Waals surface area (Å²) >= 11 is 0. The maximum atomic E-state index is 12.3. The van der Waals surface area contributed by atoms with Crippen LogP contribution in [-0.2, 0) is 17.5 Å². The van der Waals surface area contributed by atoms with Crippen molar-refractivity contribution < 1.29 is 18.0 Å². The van der Waals surface area contributed by atoms with E-state index in [4.69, 9.17) is 0 Å². The van der Waals surface area contributed by atoms with Gasteiger partial charge in [0.1, 0.15) is 5.69 Å². The lowest BCUT2D eigenvalue weighted by Crippen LogP contribution is -2.21. The van der Waals surface area contributed by atoms with Gasteiger partial charge in [0, 0.05) is 19.2 Å². The third-order valence-corrected chi connectivity index (χ3v) is 1.93. The van der Waals surface area contributed by atoms with E-state index >= 15 is 0 Å². The fourth-order valence-electron chi connectivity index (χ4n) is 1.06. The van der Waals surface area contributed by atoms with E-state index in [0.717, 1.165) is 12.3 Å². The van der Waals surface area contributed by atoms with Gasteiger partial charge in [-0.3, -0.25) is 9.78 Å². The van der Waals surface area contributed by atoms with E-state index in [1.165, 1.54) is 6.07 Å². The van der Waals surface area contributed by atoms with E-state index in [0.29, 0.717) is 12.0 Å². The van der Waals surface area contributed by atoms with Crippen molar-refractivity contribution in [1.29, 1.82) is 0 Å². The second kappa shape index (κ2) is 4.96. The lowest BCUT2D eigenvalue weighted by atomic mass is 10.2. The molecule has 88 valence electrons. The number of hydrogen-bond donors (Lipinski definition) is 1. The van der Waals surface area contributed by atoms with Crippen LogP contribution in [0.4, 0.5) is 13.2 Å². The SMILES string of the molecule is CCC(=O)NCc1ccnc(C(F)(F)F)c1. The zero-order chi connectivity index (χ0) is 12.2. The van der Waals surface area contributed by atoms with Crippen molar-refractivity contribution in [2.75, 3.05) is 0 Å². The highest BCUT2D eigenvalue weighted by Crippen LogP contribution is 2.27. The predicted octanol–water partition coefficient (Wildman–Crippen LogP) is 2.13. The lowest BCUT2D eigenvalue weighted by Gasteiger charge is -2.08. The van der Waals surface area contributed by atoms with Gasteiger partial charge < -0.3 is 5.32 Å². The van der Waals surface area contributed by atoms with Crippen LogP contribution in [0.5, 0.6) is 0 Å². The molecule has 0 aliphatic rings. The number of nitrogens with zero attached hydrogens (tertiary/aromatic N) is 1. The fraction of sp³-hybridized carbons (Fsp3) is 0.400. The molecule has 1 aromatic heterocycles. The Morgan fingerprint density at radius 3 is 2.75 bits per heavy atom. The van der Waals surface area contributed by atoms with Crippen molar-refractivity contribution in [3.8, 4) is 0 Å². The first-order valence-electron chi connectivity index (χ1n) is 4.72. The van der Waals surface area contributed by atoms with E-state index in [-0.39, 0.29) is 12.5 Å². The molecule has 0 atom stereocenters.